The molecule has 1 fully saturated rings. The van der Waals surface area contributed by atoms with Gasteiger partial charge in [-0.15, -0.1) is 6.58 Å². The normalized spacial score (nSPS) is 22.1. The van der Waals surface area contributed by atoms with Gasteiger partial charge in [-0.25, -0.2) is 0 Å². The minimum absolute atomic E-state index is 0.434. The smallest absolute Gasteiger partial charge is 0.00701 e. The molecule has 1 unspecified atom stereocenters. The van der Waals surface area contributed by atoms with Crippen LogP contribution < -0.4 is 5.73 Å². The van der Waals surface area contributed by atoms with Gasteiger partial charge >= 0.3 is 0 Å². The third kappa shape index (κ3) is 2.98. The number of hydrogen-bond donors (Lipinski definition) is 1. The number of rotatable bonds is 4. The third-order valence-electron chi connectivity index (χ3n) is 2.96. The van der Waals surface area contributed by atoms with Gasteiger partial charge in [0.2, 0.25) is 0 Å². The lowest BCUT2D eigenvalue weighted by Gasteiger charge is -2.27. The Labute approximate surface area is 76.0 Å². The fourth-order valence-electron chi connectivity index (χ4n) is 2.11. The molecule has 1 heteroatoms. The van der Waals surface area contributed by atoms with Gasteiger partial charge in [-0.1, -0.05) is 25.3 Å². The molecule has 0 aliphatic heterocycles. The zero-order valence-electron chi connectivity index (χ0n) is 7.97. The first kappa shape index (κ1) is 9.79. The molecule has 0 aromatic heterocycles. The molecule has 0 amide bonds. The molecular formula is C11H21N. The van der Waals surface area contributed by atoms with Gasteiger partial charge in [-0.05, 0) is 31.6 Å². The van der Waals surface area contributed by atoms with E-state index in [0.717, 1.165) is 18.8 Å². The molecular weight excluding hydrogens is 146 g/mol. The molecule has 1 aliphatic rings. The van der Waals surface area contributed by atoms with Crippen molar-refractivity contribution in [3.63, 3.8) is 0 Å². The number of allylic oxidation sites excluding steroid dienone is 1. The zero-order valence-corrected chi connectivity index (χ0v) is 7.97. The van der Waals surface area contributed by atoms with Gasteiger partial charge in [-0.3, -0.25) is 0 Å². The van der Waals surface area contributed by atoms with E-state index in [9.17, 15) is 0 Å². The van der Waals surface area contributed by atoms with E-state index in [4.69, 9.17) is 5.73 Å². The lowest BCUT2D eigenvalue weighted by Crippen LogP contribution is -2.31. The molecule has 0 aromatic rings. The van der Waals surface area contributed by atoms with Crippen molar-refractivity contribution in [2.45, 2.75) is 51.0 Å². The predicted octanol–water partition coefficient (Wildman–Crippen LogP) is 2.86. The summed E-state index contributed by atoms with van der Waals surface area (Å²) in [5.41, 5.74) is 6.09. The summed E-state index contributed by atoms with van der Waals surface area (Å²) in [6.07, 6.45) is 11.1. The standard InChI is InChI=1S/C11H21N/c1-2-3-9-11(12)10-7-5-4-6-8-10/h2,10-11H,1,3-9,12H2. The summed E-state index contributed by atoms with van der Waals surface area (Å²) in [7, 11) is 0. The summed E-state index contributed by atoms with van der Waals surface area (Å²) < 4.78 is 0. The fourth-order valence-corrected chi connectivity index (χ4v) is 2.11. The number of hydrogen-bond acceptors (Lipinski definition) is 1. The molecule has 1 rings (SSSR count). The molecule has 0 bridgehead atoms. The minimum Gasteiger partial charge on any atom is -0.327 e. The van der Waals surface area contributed by atoms with E-state index in [1.54, 1.807) is 0 Å². The predicted molar refractivity (Wildman–Crippen MR) is 54.0 cm³/mol. The molecule has 12 heavy (non-hydrogen) atoms. The van der Waals surface area contributed by atoms with Crippen LogP contribution >= 0.6 is 0 Å². The lowest BCUT2D eigenvalue weighted by molar-refractivity contribution is 0.296. The van der Waals surface area contributed by atoms with Crippen LogP contribution in [0.2, 0.25) is 0 Å². The zero-order chi connectivity index (χ0) is 8.81. The topological polar surface area (TPSA) is 26.0 Å². The lowest BCUT2D eigenvalue weighted by atomic mass is 9.83. The Balaban J connectivity index is 2.19. The maximum absolute atomic E-state index is 6.09. The molecule has 0 heterocycles. The van der Waals surface area contributed by atoms with Crippen molar-refractivity contribution in [3.8, 4) is 0 Å². The van der Waals surface area contributed by atoms with Crippen LogP contribution in [0.4, 0.5) is 0 Å². The van der Waals surface area contributed by atoms with Crippen molar-refractivity contribution in [1.29, 1.82) is 0 Å². The van der Waals surface area contributed by atoms with E-state index in [-0.39, 0.29) is 0 Å². The average molecular weight is 167 g/mol. The molecule has 0 radical (unpaired) electrons. The van der Waals surface area contributed by atoms with Gasteiger partial charge in [0.15, 0.2) is 0 Å². The monoisotopic (exact) mass is 167 g/mol. The number of nitrogens with two attached hydrogens (primary N) is 1. The van der Waals surface area contributed by atoms with Gasteiger partial charge in [-0.2, -0.15) is 0 Å². The van der Waals surface area contributed by atoms with Gasteiger partial charge < -0.3 is 5.73 Å². The highest BCUT2D eigenvalue weighted by Gasteiger charge is 2.19. The molecule has 0 aromatic carbocycles. The molecule has 2 N–H and O–H groups in total. The van der Waals surface area contributed by atoms with Crippen LogP contribution in [0, 0.1) is 5.92 Å². The van der Waals surface area contributed by atoms with Crippen molar-refractivity contribution in [2.24, 2.45) is 11.7 Å². The Hall–Kier alpha value is -0.300. The first-order valence-electron chi connectivity index (χ1n) is 5.21. The highest BCUT2D eigenvalue weighted by molar-refractivity contribution is 4.79. The Morgan fingerprint density at radius 1 is 1.33 bits per heavy atom. The highest BCUT2D eigenvalue weighted by atomic mass is 14.6. The van der Waals surface area contributed by atoms with Gasteiger partial charge in [0, 0.05) is 6.04 Å². The minimum atomic E-state index is 0.434. The van der Waals surface area contributed by atoms with Gasteiger partial charge in [0.05, 0.1) is 0 Å². The first-order valence-corrected chi connectivity index (χ1v) is 5.21. The van der Waals surface area contributed by atoms with Crippen molar-refractivity contribution in [3.05, 3.63) is 12.7 Å². The second-order valence-corrected chi connectivity index (χ2v) is 3.93. The largest absolute Gasteiger partial charge is 0.327 e. The molecule has 70 valence electrons. The third-order valence-corrected chi connectivity index (χ3v) is 2.96. The van der Waals surface area contributed by atoms with Gasteiger partial charge in [0.25, 0.3) is 0 Å². The molecule has 0 saturated heterocycles. The molecule has 1 saturated carbocycles. The van der Waals surface area contributed by atoms with E-state index >= 15 is 0 Å². The van der Waals surface area contributed by atoms with Crippen molar-refractivity contribution in [2.75, 3.05) is 0 Å². The van der Waals surface area contributed by atoms with Crippen LogP contribution in [0.25, 0.3) is 0 Å². The van der Waals surface area contributed by atoms with E-state index in [0.29, 0.717) is 6.04 Å². The van der Waals surface area contributed by atoms with E-state index in [1.807, 2.05) is 6.08 Å². The first-order chi connectivity index (χ1) is 5.84. The summed E-state index contributed by atoms with van der Waals surface area (Å²) in [5, 5.41) is 0. The van der Waals surface area contributed by atoms with E-state index in [1.165, 1.54) is 32.1 Å². The van der Waals surface area contributed by atoms with Crippen LogP contribution in [0.1, 0.15) is 44.9 Å². The van der Waals surface area contributed by atoms with Crippen LogP contribution in [0.15, 0.2) is 12.7 Å². The van der Waals surface area contributed by atoms with Crippen molar-refractivity contribution >= 4 is 0 Å². The SMILES string of the molecule is C=CCCC(N)C1CCCCC1. The second-order valence-electron chi connectivity index (χ2n) is 3.93. The van der Waals surface area contributed by atoms with Crippen molar-refractivity contribution in [1.82, 2.24) is 0 Å². The summed E-state index contributed by atoms with van der Waals surface area (Å²) >= 11 is 0. The van der Waals surface area contributed by atoms with E-state index in [2.05, 4.69) is 6.58 Å². The van der Waals surface area contributed by atoms with Crippen LogP contribution in [0.3, 0.4) is 0 Å². The average Bonchev–Trinajstić information content (AvgIpc) is 2.15. The summed E-state index contributed by atoms with van der Waals surface area (Å²) in [6, 6.07) is 0.434. The highest BCUT2D eigenvalue weighted by Crippen LogP contribution is 2.27. The van der Waals surface area contributed by atoms with Gasteiger partial charge in [0.1, 0.15) is 0 Å². The molecule has 0 spiro atoms. The molecule has 1 atom stereocenters. The summed E-state index contributed by atoms with van der Waals surface area (Å²) in [5.74, 6) is 0.804. The van der Waals surface area contributed by atoms with Crippen LogP contribution in [-0.2, 0) is 0 Å². The maximum Gasteiger partial charge on any atom is 0.00701 e. The van der Waals surface area contributed by atoms with Crippen LogP contribution in [0.5, 0.6) is 0 Å². The summed E-state index contributed by atoms with van der Waals surface area (Å²) in [6.45, 7) is 3.72. The second kappa shape index (κ2) is 5.36. The molecule has 1 aliphatic carbocycles. The maximum atomic E-state index is 6.09. The Morgan fingerprint density at radius 3 is 2.58 bits per heavy atom. The Morgan fingerprint density at radius 2 is 2.00 bits per heavy atom. The summed E-state index contributed by atoms with van der Waals surface area (Å²) in [4.78, 5) is 0. The quantitative estimate of drug-likeness (QED) is 0.640. The Bertz CT molecular complexity index is 125. The molecule has 1 nitrogen and oxygen atoms in total. The Kier molecular flexibility index (Phi) is 4.37. The van der Waals surface area contributed by atoms with E-state index < -0.39 is 0 Å². The van der Waals surface area contributed by atoms with Crippen LogP contribution in [-0.4, -0.2) is 6.04 Å². The van der Waals surface area contributed by atoms with Crippen molar-refractivity contribution < 1.29 is 0 Å². The fraction of sp³-hybridized carbons (Fsp3) is 0.818.